The van der Waals surface area contributed by atoms with E-state index >= 15 is 0 Å². The van der Waals surface area contributed by atoms with Crippen LogP contribution in [0.4, 0.5) is 11.8 Å². The topological polar surface area (TPSA) is 70.1 Å². The molecule has 1 aliphatic carbocycles. The second-order valence-electron chi connectivity index (χ2n) is 5.38. The Hall–Kier alpha value is -1.40. The van der Waals surface area contributed by atoms with Gasteiger partial charge in [-0.2, -0.15) is 4.98 Å². The minimum absolute atomic E-state index is 0.0971. The summed E-state index contributed by atoms with van der Waals surface area (Å²) in [6.07, 6.45) is 7.63. The molecule has 114 valence electrons. The van der Waals surface area contributed by atoms with Gasteiger partial charge in [-0.05, 0) is 55.6 Å². The molecule has 0 bridgehead atoms. The van der Waals surface area contributed by atoms with Gasteiger partial charge >= 0.3 is 0 Å². The number of halogens is 1. The molecule has 2 rings (SSSR count). The third kappa shape index (κ3) is 4.54. The largest absolute Gasteiger partial charge is 0.391 e. The van der Waals surface area contributed by atoms with E-state index in [4.69, 9.17) is 0 Å². The van der Waals surface area contributed by atoms with E-state index in [0.29, 0.717) is 11.8 Å². The molecule has 0 aliphatic heterocycles. The van der Waals surface area contributed by atoms with E-state index in [1.807, 2.05) is 6.92 Å². The Morgan fingerprint density at radius 1 is 1.38 bits per heavy atom. The summed E-state index contributed by atoms with van der Waals surface area (Å²) in [6.45, 7) is 5.77. The summed E-state index contributed by atoms with van der Waals surface area (Å²) in [5.74, 6) is 1.20. The highest BCUT2D eigenvalue weighted by molar-refractivity contribution is 9.10. The molecule has 0 radical (unpaired) electrons. The van der Waals surface area contributed by atoms with Crippen LogP contribution < -0.4 is 10.6 Å². The molecule has 0 unspecified atom stereocenters. The number of aromatic nitrogens is 2. The SMILES string of the molecule is CC1=CC(Nc2ncc(Br)c(N[C@H](C)[C@@H](C)O)n2)=CCC1. The number of aliphatic hydroxyl groups excluding tert-OH is 1. The van der Waals surface area contributed by atoms with Crippen LogP contribution in [0.3, 0.4) is 0 Å². The van der Waals surface area contributed by atoms with E-state index in [0.717, 1.165) is 23.0 Å². The number of nitrogens with zero attached hydrogens (tertiary/aromatic N) is 2. The number of rotatable bonds is 5. The normalized spacial score (nSPS) is 17.6. The van der Waals surface area contributed by atoms with Crippen molar-refractivity contribution in [1.29, 1.82) is 0 Å². The molecular weight excluding hydrogens is 332 g/mol. The number of nitrogens with one attached hydrogen (secondary N) is 2. The van der Waals surface area contributed by atoms with Crippen LogP contribution in [0.5, 0.6) is 0 Å². The first-order valence-electron chi connectivity index (χ1n) is 7.07. The molecule has 1 heterocycles. The molecule has 1 aliphatic rings. The van der Waals surface area contributed by atoms with Gasteiger partial charge < -0.3 is 15.7 Å². The fourth-order valence-electron chi connectivity index (χ4n) is 1.93. The Morgan fingerprint density at radius 3 is 2.81 bits per heavy atom. The standard InChI is InChI=1S/C15H21BrN4O/c1-9-5-4-6-12(7-9)19-15-17-8-13(16)14(20-15)18-10(2)11(3)21/h6-8,10-11,21H,4-5H2,1-3H3,(H2,17,18,19,20)/t10-,11-/m1/s1. The van der Waals surface area contributed by atoms with Gasteiger partial charge in [0.05, 0.1) is 16.6 Å². The van der Waals surface area contributed by atoms with Crippen LogP contribution in [-0.2, 0) is 0 Å². The van der Waals surface area contributed by atoms with Gasteiger partial charge in [0.15, 0.2) is 0 Å². The number of anilines is 2. The molecular formula is C15H21BrN4O. The quantitative estimate of drug-likeness (QED) is 0.756. The van der Waals surface area contributed by atoms with Crippen LogP contribution in [-0.4, -0.2) is 27.2 Å². The zero-order valence-electron chi connectivity index (χ0n) is 12.5. The molecule has 0 amide bonds. The zero-order valence-corrected chi connectivity index (χ0v) is 14.1. The van der Waals surface area contributed by atoms with Crippen molar-refractivity contribution in [2.45, 2.75) is 45.8 Å². The van der Waals surface area contributed by atoms with Crippen molar-refractivity contribution in [3.05, 3.63) is 34.1 Å². The van der Waals surface area contributed by atoms with Crippen LogP contribution in [0.2, 0.25) is 0 Å². The summed E-state index contributed by atoms with van der Waals surface area (Å²) in [5, 5.41) is 16.0. The molecule has 0 saturated carbocycles. The number of hydrogen-bond acceptors (Lipinski definition) is 5. The number of hydrogen-bond donors (Lipinski definition) is 3. The van der Waals surface area contributed by atoms with Crippen molar-refractivity contribution in [2.75, 3.05) is 10.6 Å². The molecule has 0 spiro atoms. The van der Waals surface area contributed by atoms with Crippen LogP contribution >= 0.6 is 15.9 Å². The van der Waals surface area contributed by atoms with Gasteiger partial charge in [0, 0.05) is 11.9 Å². The number of allylic oxidation sites excluding steroid dienone is 3. The molecule has 0 saturated heterocycles. The number of aliphatic hydroxyl groups is 1. The third-order valence-electron chi connectivity index (χ3n) is 3.39. The molecule has 2 atom stereocenters. The first kappa shape index (κ1) is 16.0. The van der Waals surface area contributed by atoms with Crippen molar-refractivity contribution < 1.29 is 5.11 Å². The summed E-state index contributed by atoms with van der Waals surface area (Å²) < 4.78 is 0.768. The summed E-state index contributed by atoms with van der Waals surface area (Å²) in [5.41, 5.74) is 2.37. The molecule has 1 aromatic heterocycles. The maximum atomic E-state index is 9.58. The molecule has 3 N–H and O–H groups in total. The van der Waals surface area contributed by atoms with Crippen molar-refractivity contribution in [1.82, 2.24) is 9.97 Å². The van der Waals surface area contributed by atoms with E-state index in [-0.39, 0.29) is 6.04 Å². The molecule has 0 fully saturated rings. The second-order valence-corrected chi connectivity index (χ2v) is 6.23. The van der Waals surface area contributed by atoms with E-state index in [2.05, 4.69) is 55.6 Å². The summed E-state index contributed by atoms with van der Waals surface area (Å²) in [4.78, 5) is 8.72. The van der Waals surface area contributed by atoms with Gasteiger partial charge in [-0.15, -0.1) is 0 Å². The van der Waals surface area contributed by atoms with Crippen LogP contribution in [0, 0.1) is 0 Å². The molecule has 1 aromatic rings. The van der Waals surface area contributed by atoms with Gasteiger partial charge in [-0.25, -0.2) is 4.98 Å². The van der Waals surface area contributed by atoms with E-state index in [9.17, 15) is 5.11 Å². The Balaban J connectivity index is 2.13. The summed E-state index contributed by atoms with van der Waals surface area (Å²) >= 11 is 3.42. The lowest BCUT2D eigenvalue weighted by Gasteiger charge is -2.19. The van der Waals surface area contributed by atoms with Crippen LogP contribution in [0.15, 0.2) is 34.1 Å². The Bertz CT molecular complexity index is 569. The monoisotopic (exact) mass is 352 g/mol. The van der Waals surface area contributed by atoms with Crippen LogP contribution in [0.1, 0.15) is 33.6 Å². The predicted molar refractivity (Wildman–Crippen MR) is 89.2 cm³/mol. The first-order chi connectivity index (χ1) is 9.95. The Kier molecular flexibility index (Phi) is 5.36. The zero-order chi connectivity index (χ0) is 15.4. The highest BCUT2D eigenvalue weighted by Crippen LogP contribution is 2.23. The lowest BCUT2D eigenvalue weighted by Crippen LogP contribution is -2.28. The van der Waals surface area contributed by atoms with Gasteiger partial charge in [0.2, 0.25) is 5.95 Å². The fraction of sp³-hybridized carbons (Fsp3) is 0.467. The molecule has 5 nitrogen and oxygen atoms in total. The van der Waals surface area contributed by atoms with Crippen molar-refractivity contribution in [3.63, 3.8) is 0 Å². The van der Waals surface area contributed by atoms with Gasteiger partial charge in [0.25, 0.3) is 0 Å². The van der Waals surface area contributed by atoms with E-state index in [1.165, 1.54) is 5.57 Å². The minimum Gasteiger partial charge on any atom is -0.391 e. The van der Waals surface area contributed by atoms with Crippen LogP contribution in [0.25, 0.3) is 0 Å². The maximum Gasteiger partial charge on any atom is 0.229 e. The molecule has 0 aromatic carbocycles. The average Bonchev–Trinajstić information content (AvgIpc) is 2.42. The summed E-state index contributed by atoms with van der Waals surface area (Å²) in [6, 6.07) is -0.0971. The predicted octanol–water partition coefficient (Wildman–Crippen LogP) is 3.46. The minimum atomic E-state index is -0.463. The Labute approximate surface area is 133 Å². The maximum absolute atomic E-state index is 9.58. The highest BCUT2D eigenvalue weighted by atomic mass is 79.9. The lowest BCUT2D eigenvalue weighted by molar-refractivity contribution is 0.177. The van der Waals surface area contributed by atoms with Crippen molar-refractivity contribution in [2.24, 2.45) is 0 Å². The average molecular weight is 353 g/mol. The lowest BCUT2D eigenvalue weighted by atomic mass is 10.1. The smallest absolute Gasteiger partial charge is 0.229 e. The van der Waals surface area contributed by atoms with Gasteiger partial charge in [-0.1, -0.05) is 11.6 Å². The van der Waals surface area contributed by atoms with E-state index in [1.54, 1.807) is 13.1 Å². The first-order valence-corrected chi connectivity index (χ1v) is 7.86. The molecule has 6 heteroatoms. The molecule has 21 heavy (non-hydrogen) atoms. The third-order valence-corrected chi connectivity index (χ3v) is 3.97. The second kappa shape index (κ2) is 7.04. The fourth-order valence-corrected chi connectivity index (χ4v) is 2.24. The van der Waals surface area contributed by atoms with Gasteiger partial charge in [-0.3, -0.25) is 0 Å². The van der Waals surface area contributed by atoms with E-state index < -0.39 is 6.10 Å². The highest BCUT2D eigenvalue weighted by Gasteiger charge is 2.13. The van der Waals surface area contributed by atoms with Gasteiger partial charge in [0.1, 0.15) is 5.82 Å². The Morgan fingerprint density at radius 2 is 2.14 bits per heavy atom. The van der Waals surface area contributed by atoms with Crippen molar-refractivity contribution in [3.8, 4) is 0 Å². The summed E-state index contributed by atoms with van der Waals surface area (Å²) in [7, 11) is 0. The van der Waals surface area contributed by atoms with Crippen molar-refractivity contribution >= 4 is 27.7 Å².